The van der Waals surface area contributed by atoms with E-state index in [1.807, 2.05) is 63.5 Å². The van der Waals surface area contributed by atoms with Crippen LogP contribution in [0, 0.1) is 5.92 Å². The first-order valence-electron chi connectivity index (χ1n) is 13.2. The Bertz CT molecular complexity index is 847. The van der Waals surface area contributed by atoms with Gasteiger partial charge in [0.2, 0.25) is 5.91 Å². The molecule has 1 saturated heterocycles. The number of rotatable bonds is 9. The molecule has 2 fully saturated rings. The van der Waals surface area contributed by atoms with Gasteiger partial charge in [-0.05, 0) is 57.0 Å². The Morgan fingerprint density at radius 3 is 2.34 bits per heavy atom. The smallest absolute Gasteiger partial charge is 0.230 e. The van der Waals surface area contributed by atoms with Crippen molar-refractivity contribution in [2.24, 2.45) is 5.92 Å². The normalized spacial score (nSPS) is 21.3. The Kier molecular flexibility index (Phi) is 11.5. The van der Waals surface area contributed by atoms with Crippen LogP contribution in [0.2, 0.25) is 0 Å². The molecule has 0 bridgehead atoms. The third-order valence-electron chi connectivity index (χ3n) is 6.88. The molecule has 1 aromatic heterocycles. The first kappa shape index (κ1) is 27.1. The molecule has 4 rings (SSSR count). The molecule has 1 aliphatic heterocycles. The predicted octanol–water partition coefficient (Wildman–Crippen LogP) is 4.35. The molecule has 7 nitrogen and oxygen atoms in total. The fourth-order valence-corrected chi connectivity index (χ4v) is 4.95. The van der Waals surface area contributed by atoms with Gasteiger partial charge in [-0.2, -0.15) is 0 Å². The largest absolute Gasteiger partial charge is 0.384 e. The van der Waals surface area contributed by atoms with Crippen molar-refractivity contribution in [1.82, 2.24) is 15.2 Å². The van der Waals surface area contributed by atoms with Crippen molar-refractivity contribution >= 4 is 17.3 Å². The van der Waals surface area contributed by atoms with Gasteiger partial charge in [0.25, 0.3) is 0 Å². The molecule has 1 unspecified atom stereocenters. The first-order valence-corrected chi connectivity index (χ1v) is 13.2. The summed E-state index contributed by atoms with van der Waals surface area (Å²) >= 11 is 0. The quantitative estimate of drug-likeness (QED) is 0.494. The fraction of sp³-hybridized carbons (Fsp3) is 0.571. The van der Waals surface area contributed by atoms with Crippen LogP contribution in [-0.4, -0.2) is 68.3 Å². The van der Waals surface area contributed by atoms with Crippen LogP contribution in [0.3, 0.4) is 0 Å². The van der Waals surface area contributed by atoms with Crippen LogP contribution in [0.25, 0.3) is 0 Å². The summed E-state index contributed by atoms with van der Waals surface area (Å²) in [4.78, 5) is 20.2. The third-order valence-corrected chi connectivity index (χ3v) is 6.88. The number of benzene rings is 1. The molecule has 1 atom stereocenters. The van der Waals surface area contributed by atoms with E-state index in [0.717, 1.165) is 43.4 Å². The molecule has 1 aromatic carbocycles. The van der Waals surface area contributed by atoms with Gasteiger partial charge in [0.1, 0.15) is 0 Å². The van der Waals surface area contributed by atoms with Crippen LogP contribution >= 0.6 is 0 Å². The van der Waals surface area contributed by atoms with Gasteiger partial charge in [-0.3, -0.25) is 14.7 Å². The van der Waals surface area contributed by atoms with Gasteiger partial charge < -0.3 is 20.7 Å². The Labute approximate surface area is 211 Å². The number of pyridine rings is 1. The number of carbonyl (C=O) groups is 1. The Hall–Kier alpha value is -2.48. The van der Waals surface area contributed by atoms with E-state index in [4.69, 9.17) is 9.72 Å². The highest BCUT2D eigenvalue weighted by Gasteiger charge is 2.28. The van der Waals surface area contributed by atoms with E-state index in [1.165, 1.54) is 25.7 Å². The molecular formula is C28H43N5O2. The number of aromatic nitrogens is 1. The minimum atomic E-state index is -0.189. The minimum Gasteiger partial charge on any atom is -0.384 e. The van der Waals surface area contributed by atoms with E-state index in [1.54, 1.807) is 0 Å². The average Bonchev–Trinajstić information content (AvgIpc) is 2.94. The van der Waals surface area contributed by atoms with Crippen LogP contribution in [0.1, 0.15) is 51.1 Å². The lowest BCUT2D eigenvalue weighted by Crippen LogP contribution is -2.44. The van der Waals surface area contributed by atoms with Gasteiger partial charge in [0, 0.05) is 49.5 Å². The zero-order valence-electron chi connectivity index (χ0n) is 21.6. The highest BCUT2D eigenvalue weighted by Crippen LogP contribution is 2.34. The summed E-state index contributed by atoms with van der Waals surface area (Å²) in [5, 5.41) is 9.52. The maximum atomic E-state index is 12.9. The zero-order chi connectivity index (χ0) is 24.9. The van der Waals surface area contributed by atoms with Crippen LogP contribution in [0.15, 0.2) is 48.7 Å². The van der Waals surface area contributed by atoms with E-state index >= 15 is 0 Å². The number of amides is 1. The second kappa shape index (κ2) is 14.8. The Morgan fingerprint density at radius 1 is 1.00 bits per heavy atom. The standard InChI is InChI=1S/C26H37N5O2.C2H6/c1-27-17-21(18-28-22-5-3-2-4-6-22)26(32)30-23-9-12-25(29-19-23)20-7-10-24(11-8-20)31-13-15-33-16-14-31;1-2/h2-6,9,12,19-21,24,27-28H,7-8,10-11,13-18H2,1H3,(H,30,32);1-2H3. The molecule has 1 saturated carbocycles. The predicted molar refractivity (Wildman–Crippen MR) is 144 cm³/mol. The molecule has 0 spiro atoms. The number of nitrogens with zero attached hydrogens (tertiary/aromatic N) is 2. The summed E-state index contributed by atoms with van der Waals surface area (Å²) in [5.74, 6) is 0.317. The van der Waals surface area contributed by atoms with Crippen molar-refractivity contribution in [1.29, 1.82) is 0 Å². The molecular weight excluding hydrogens is 438 g/mol. The second-order valence-electron chi connectivity index (χ2n) is 9.12. The van der Waals surface area contributed by atoms with Crippen LogP contribution < -0.4 is 16.0 Å². The lowest BCUT2D eigenvalue weighted by Gasteiger charge is -2.38. The molecule has 3 N–H and O–H groups in total. The number of hydrogen-bond donors (Lipinski definition) is 3. The summed E-state index contributed by atoms with van der Waals surface area (Å²) in [6.45, 7) is 9.03. The number of hydrogen-bond acceptors (Lipinski definition) is 6. The molecule has 2 heterocycles. The Morgan fingerprint density at radius 2 is 1.71 bits per heavy atom. The topological polar surface area (TPSA) is 78.5 Å². The van der Waals surface area contributed by atoms with Crippen molar-refractivity contribution in [2.45, 2.75) is 51.5 Å². The van der Waals surface area contributed by atoms with Crippen LogP contribution in [-0.2, 0) is 9.53 Å². The molecule has 2 aliphatic rings. The summed E-state index contributed by atoms with van der Waals surface area (Å²) in [7, 11) is 1.87. The third kappa shape index (κ3) is 8.30. The van der Waals surface area contributed by atoms with Crippen molar-refractivity contribution in [2.75, 3.05) is 57.1 Å². The Balaban J connectivity index is 0.00000167. The lowest BCUT2D eigenvalue weighted by molar-refractivity contribution is -0.119. The average molecular weight is 482 g/mol. The van der Waals surface area contributed by atoms with Crippen molar-refractivity contribution in [3.63, 3.8) is 0 Å². The summed E-state index contributed by atoms with van der Waals surface area (Å²) in [6, 6.07) is 14.7. The fourth-order valence-electron chi connectivity index (χ4n) is 4.95. The first-order chi connectivity index (χ1) is 17.2. The lowest BCUT2D eigenvalue weighted by atomic mass is 9.83. The maximum Gasteiger partial charge on any atom is 0.230 e. The second-order valence-corrected chi connectivity index (χ2v) is 9.12. The number of carbonyl (C=O) groups excluding carboxylic acids is 1. The zero-order valence-corrected chi connectivity index (χ0v) is 21.6. The molecule has 1 aliphatic carbocycles. The number of anilines is 2. The van der Waals surface area contributed by atoms with Gasteiger partial charge in [0.05, 0.1) is 31.0 Å². The number of morpholine rings is 1. The van der Waals surface area contributed by atoms with Crippen LogP contribution in [0.5, 0.6) is 0 Å². The molecule has 192 valence electrons. The van der Waals surface area contributed by atoms with Crippen molar-refractivity contribution < 1.29 is 9.53 Å². The molecule has 35 heavy (non-hydrogen) atoms. The summed E-state index contributed by atoms with van der Waals surface area (Å²) < 4.78 is 5.49. The SMILES string of the molecule is CC.CNCC(CNc1ccccc1)C(=O)Nc1ccc(C2CCC(N3CCOCC3)CC2)nc1. The van der Waals surface area contributed by atoms with Gasteiger partial charge in [0.15, 0.2) is 0 Å². The van der Waals surface area contributed by atoms with E-state index in [9.17, 15) is 4.79 Å². The maximum absolute atomic E-state index is 12.9. The number of ether oxygens (including phenoxy) is 1. The van der Waals surface area contributed by atoms with E-state index in [-0.39, 0.29) is 11.8 Å². The van der Waals surface area contributed by atoms with E-state index < -0.39 is 0 Å². The van der Waals surface area contributed by atoms with Crippen molar-refractivity contribution in [3.05, 3.63) is 54.4 Å². The van der Waals surface area contributed by atoms with Crippen LogP contribution in [0.4, 0.5) is 11.4 Å². The minimum absolute atomic E-state index is 0.00616. The number of para-hydroxylation sites is 1. The van der Waals surface area contributed by atoms with Crippen molar-refractivity contribution in [3.8, 4) is 0 Å². The van der Waals surface area contributed by atoms with Gasteiger partial charge in [-0.15, -0.1) is 0 Å². The number of nitrogens with one attached hydrogen (secondary N) is 3. The molecule has 1 amide bonds. The highest BCUT2D eigenvalue weighted by molar-refractivity contribution is 5.92. The summed E-state index contributed by atoms with van der Waals surface area (Å²) in [6.07, 6.45) is 6.62. The highest BCUT2D eigenvalue weighted by atomic mass is 16.5. The van der Waals surface area contributed by atoms with E-state index in [0.29, 0.717) is 25.0 Å². The monoisotopic (exact) mass is 481 g/mol. The molecule has 0 radical (unpaired) electrons. The van der Waals surface area contributed by atoms with E-state index in [2.05, 4.69) is 26.9 Å². The van der Waals surface area contributed by atoms with Gasteiger partial charge >= 0.3 is 0 Å². The molecule has 7 heteroatoms. The van der Waals surface area contributed by atoms with Gasteiger partial charge in [-0.1, -0.05) is 32.0 Å². The molecule has 2 aromatic rings. The summed E-state index contributed by atoms with van der Waals surface area (Å²) in [5.41, 5.74) is 2.92. The van der Waals surface area contributed by atoms with Gasteiger partial charge in [-0.25, -0.2) is 0 Å².